The maximum Gasteiger partial charge on any atom is 0.256 e. The van der Waals surface area contributed by atoms with Crippen LogP contribution < -0.4 is 5.32 Å². The first-order valence-electron chi connectivity index (χ1n) is 4.30. The molecule has 1 atom stereocenters. The minimum absolute atomic E-state index is 0.100. The Hall–Kier alpha value is -1.32. The van der Waals surface area contributed by atoms with Crippen LogP contribution in [0.3, 0.4) is 0 Å². The van der Waals surface area contributed by atoms with Gasteiger partial charge in [-0.3, -0.25) is 4.79 Å². The lowest BCUT2D eigenvalue weighted by Crippen LogP contribution is -2.27. The minimum Gasteiger partial charge on any atom is -0.364 e. The number of aromatic nitrogens is 1. The summed E-state index contributed by atoms with van der Waals surface area (Å²) in [4.78, 5) is 11.4. The topological polar surface area (TPSA) is 55.1 Å². The van der Waals surface area contributed by atoms with Crippen LogP contribution in [-0.2, 0) is 0 Å². The van der Waals surface area contributed by atoms with Gasteiger partial charge in [0, 0.05) is 6.04 Å². The molecule has 4 nitrogen and oxygen atoms in total. The summed E-state index contributed by atoms with van der Waals surface area (Å²) in [6, 6.07) is 0.301. The molecule has 1 heterocycles. The van der Waals surface area contributed by atoms with E-state index in [9.17, 15) is 4.79 Å². The molecule has 1 aromatic heterocycles. The summed E-state index contributed by atoms with van der Waals surface area (Å²) in [7, 11) is 0. The zero-order valence-corrected chi connectivity index (χ0v) is 7.70. The van der Waals surface area contributed by atoms with Crippen LogP contribution in [0.1, 0.15) is 30.6 Å². The lowest BCUT2D eigenvalue weighted by molar-refractivity contribution is 0.0945. The molecule has 0 bridgehead atoms. The van der Waals surface area contributed by atoms with Crippen LogP contribution in [0.2, 0.25) is 0 Å². The number of nitrogens with one attached hydrogen (secondary N) is 1. The van der Waals surface area contributed by atoms with Crippen molar-refractivity contribution in [3.63, 3.8) is 0 Å². The van der Waals surface area contributed by atoms with E-state index in [2.05, 4.69) is 28.8 Å². The Morgan fingerprint density at radius 2 is 2.46 bits per heavy atom. The zero-order valence-electron chi connectivity index (χ0n) is 7.70. The average molecular weight is 180 g/mol. The highest BCUT2D eigenvalue weighted by molar-refractivity contribution is 5.93. The maximum atomic E-state index is 11.4. The van der Waals surface area contributed by atoms with Crippen molar-refractivity contribution in [2.45, 2.75) is 26.3 Å². The molecule has 13 heavy (non-hydrogen) atoms. The smallest absolute Gasteiger partial charge is 0.256 e. The summed E-state index contributed by atoms with van der Waals surface area (Å²) in [5.74, 6) is -0.100. The van der Waals surface area contributed by atoms with Gasteiger partial charge in [0.2, 0.25) is 0 Å². The van der Waals surface area contributed by atoms with Crippen LogP contribution in [0.15, 0.2) is 17.0 Å². The first kappa shape index (κ1) is 8.29. The van der Waals surface area contributed by atoms with Gasteiger partial charge in [0.05, 0.1) is 11.8 Å². The monoisotopic (exact) mass is 180 g/mol. The summed E-state index contributed by atoms with van der Waals surface area (Å²) in [5, 5.41) is 6.38. The second-order valence-corrected chi connectivity index (χ2v) is 4.13. The molecule has 1 N–H and O–H groups in total. The number of carbonyl (C=O) groups is 1. The van der Waals surface area contributed by atoms with E-state index in [-0.39, 0.29) is 11.3 Å². The van der Waals surface area contributed by atoms with Crippen molar-refractivity contribution in [1.82, 2.24) is 10.5 Å². The molecule has 1 unspecified atom stereocenters. The van der Waals surface area contributed by atoms with E-state index in [1.165, 1.54) is 12.5 Å². The molecule has 2 rings (SSSR count). The fourth-order valence-corrected chi connectivity index (χ4v) is 1.27. The highest BCUT2D eigenvalue weighted by Crippen LogP contribution is 2.44. The summed E-state index contributed by atoms with van der Waals surface area (Å²) in [6.45, 7) is 4.26. The van der Waals surface area contributed by atoms with Crippen LogP contribution in [0.4, 0.5) is 0 Å². The molecule has 1 aliphatic carbocycles. The Labute approximate surface area is 76.3 Å². The molecular formula is C9H12N2O2. The Morgan fingerprint density at radius 1 is 1.77 bits per heavy atom. The highest BCUT2D eigenvalue weighted by atomic mass is 16.5. The molecule has 0 spiro atoms. The lowest BCUT2D eigenvalue weighted by Gasteiger charge is -2.03. The molecule has 0 saturated heterocycles. The highest BCUT2D eigenvalue weighted by Gasteiger charge is 2.46. The van der Waals surface area contributed by atoms with Crippen molar-refractivity contribution in [2.75, 3.05) is 0 Å². The molecule has 1 saturated carbocycles. The van der Waals surface area contributed by atoms with Gasteiger partial charge in [-0.2, -0.15) is 0 Å². The summed E-state index contributed by atoms with van der Waals surface area (Å²) < 4.78 is 4.58. The van der Waals surface area contributed by atoms with E-state index in [4.69, 9.17) is 0 Å². The summed E-state index contributed by atoms with van der Waals surface area (Å²) in [6.07, 6.45) is 3.82. The normalized spacial score (nSPS) is 24.0. The molecule has 4 heteroatoms. The Kier molecular flexibility index (Phi) is 1.65. The third kappa shape index (κ3) is 1.56. The third-order valence-electron chi connectivity index (χ3n) is 2.51. The van der Waals surface area contributed by atoms with Gasteiger partial charge >= 0.3 is 0 Å². The van der Waals surface area contributed by atoms with Crippen molar-refractivity contribution in [3.05, 3.63) is 18.0 Å². The maximum absolute atomic E-state index is 11.4. The fourth-order valence-electron chi connectivity index (χ4n) is 1.27. The lowest BCUT2D eigenvalue weighted by atomic mass is 10.2. The molecule has 1 aromatic rings. The number of hydrogen-bond acceptors (Lipinski definition) is 3. The first-order valence-corrected chi connectivity index (χ1v) is 4.30. The van der Waals surface area contributed by atoms with Crippen molar-refractivity contribution in [3.8, 4) is 0 Å². The number of nitrogens with zero attached hydrogens (tertiary/aromatic N) is 1. The molecule has 70 valence electrons. The van der Waals surface area contributed by atoms with Gasteiger partial charge in [0.15, 0.2) is 0 Å². The first-order chi connectivity index (χ1) is 6.09. The molecular weight excluding hydrogens is 168 g/mol. The van der Waals surface area contributed by atoms with Crippen molar-refractivity contribution in [2.24, 2.45) is 5.41 Å². The van der Waals surface area contributed by atoms with Crippen LogP contribution in [0, 0.1) is 5.41 Å². The largest absolute Gasteiger partial charge is 0.364 e. The zero-order chi connectivity index (χ0) is 9.47. The second-order valence-electron chi connectivity index (χ2n) is 4.13. The number of hydrogen-bond donors (Lipinski definition) is 1. The van der Waals surface area contributed by atoms with Crippen LogP contribution in [0.5, 0.6) is 0 Å². The fraction of sp³-hybridized carbons (Fsp3) is 0.556. The van der Waals surface area contributed by atoms with Gasteiger partial charge in [-0.1, -0.05) is 19.0 Å². The Balaban J connectivity index is 1.94. The van der Waals surface area contributed by atoms with E-state index in [0.29, 0.717) is 11.6 Å². The van der Waals surface area contributed by atoms with Gasteiger partial charge in [-0.05, 0) is 11.8 Å². The van der Waals surface area contributed by atoms with E-state index in [1.807, 2.05) is 0 Å². The van der Waals surface area contributed by atoms with E-state index in [0.717, 1.165) is 6.42 Å². The summed E-state index contributed by atoms with van der Waals surface area (Å²) >= 11 is 0. The van der Waals surface area contributed by atoms with Gasteiger partial charge in [-0.15, -0.1) is 0 Å². The molecule has 0 aromatic carbocycles. The molecule has 0 radical (unpaired) electrons. The van der Waals surface area contributed by atoms with Crippen molar-refractivity contribution < 1.29 is 9.32 Å². The molecule has 1 aliphatic rings. The summed E-state index contributed by atoms with van der Waals surface area (Å²) in [5.41, 5.74) is 0.745. The Morgan fingerprint density at radius 3 is 2.92 bits per heavy atom. The average Bonchev–Trinajstić information content (AvgIpc) is 2.58. The van der Waals surface area contributed by atoms with Crippen molar-refractivity contribution >= 4 is 5.91 Å². The molecule has 1 fully saturated rings. The molecule has 0 aliphatic heterocycles. The van der Waals surface area contributed by atoms with Crippen LogP contribution in [0.25, 0.3) is 0 Å². The third-order valence-corrected chi connectivity index (χ3v) is 2.51. The van der Waals surface area contributed by atoms with E-state index in [1.54, 1.807) is 0 Å². The van der Waals surface area contributed by atoms with Crippen LogP contribution >= 0.6 is 0 Å². The van der Waals surface area contributed by atoms with Gasteiger partial charge in [0.25, 0.3) is 5.91 Å². The van der Waals surface area contributed by atoms with Crippen molar-refractivity contribution in [1.29, 1.82) is 0 Å². The van der Waals surface area contributed by atoms with E-state index >= 15 is 0 Å². The Bertz CT molecular complexity index is 316. The SMILES string of the molecule is CC1(C)CC1NC(=O)c1cnoc1. The van der Waals surface area contributed by atoms with Gasteiger partial charge in [-0.25, -0.2) is 0 Å². The molecule has 1 amide bonds. The predicted molar refractivity (Wildman–Crippen MR) is 46.2 cm³/mol. The standard InChI is InChI=1S/C9H12N2O2/c1-9(2)3-7(9)11-8(12)6-4-10-13-5-6/h4-5,7H,3H2,1-2H3,(H,11,12). The second kappa shape index (κ2) is 2.58. The number of rotatable bonds is 2. The van der Waals surface area contributed by atoms with Gasteiger partial charge < -0.3 is 9.84 Å². The predicted octanol–water partition coefficient (Wildman–Crippen LogP) is 1.20. The number of amides is 1. The number of carbonyl (C=O) groups excluding carboxylic acids is 1. The minimum atomic E-state index is -0.100. The van der Waals surface area contributed by atoms with Gasteiger partial charge in [0.1, 0.15) is 6.26 Å². The van der Waals surface area contributed by atoms with E-state index < -0.39 is 0 Å². The quantitative estimate of drug-likeness (QED) is 0.744. The van der Waals surface area contributed by atoms with Crippen LogP contribution in [-0.4, -0.2) is 17.1 Å².